The Labute approximate surface area is 211 Å². The smallest absolute Gasteiger partial charge is 0.416 e. The first-order chi connectivity index (χ1) is 17.7. The lowest BCUT2D eigenvalue weighted by Gasteiger charge is -2.17. The fourth-order valence-corrected chi connectivity index (χ4v) is 4.46. The van der Waals surface area contributed by atoms with Gasteiger partial charge in [0.05, 0.1) is 12.1 Å². The third-order valence-electron chi connectivity index (χ3n) is 6.30. The van der Waals surface area contributed by atoms with E-state index in [0.29, 0.717) is 17.9 Å². The number of rotatable bonds is 6. The first-order valence-corrected chi connectivity index (χ1v) is 11.8. The number of para-hydroxylation sites is 1. The van der Waals surface area contributed by atoms with E-state index < -0.39 is 23.9 Å². The van der Waals surface area contributed by atoms with E-state index in [-0.39, 0.29) is 30.2 Å². The zero-order valence-corrected chi connectivity index (χ0v) is 19.8. The Hall–Kier alpha value is -4.27. The molecule has 1 saturated heterocycles. The number of anilines is 1. The number of carbonyl (C=O) groups is 2. The molecule has 37 heavy (non-hydrogen) atoms. The Morgan fingerprint density at radius 1 is 1.05 bits per heavy atom. The van der Waals surface area contributed by atoms with Crippen LogP contribution in [0.25, 0.3) is 11.6 Å². The van der Waals surface area contributed by atoms with Gasteiger partial charge in [-0.3, -0.25) is 4.79 Å². The lowest BCUT2D eigenvalue weighted by molar-refractivity contribution is -0.138. The van der Waals surface area contributed by atoms with Crippen molar-refractivity contribution in [3.05, 3.63) is 89.0 Å². The molecule has 0 aliphatic carbocycles. The van der Waals surface area contributed by atoms with Crippen LogP contribution in [-0.2, 0) is 22.1 Å². The van der Waals surface area contributed by atoms with Gasteiger partial charge >= 0.3 is 12.3 Å². The average molecular weight is 508 g/mol. The molecule has 1 N–H and O–H groups in total. The van der Waals surface area contributed by atoms with E-state index in [0.717, 1.165) is 22.9 Å². The fraction of sp³-hybridized carbons (Fsp3) is 0.214. The minimum absolute atomic E-state index is 0.0323. The van der Waals surface area contributed by atoms with Crippen LogP contribution in [-0.4, -0.2) is 36.1 Å². The highest BCUT2D eigenvalue weighted by molar-refractivity contribution is 6.34. The van der Waals surface area contributed by atoms with Gasteiger partial charge in [-0.05, 0) is 54.5 Å². The molecule has 3 aromatic carbocycles. The van der Waals surface area contributed by atoms with Gasteiger partial charge in [-0.25, -0.2) is 4.79 Å². The number of hydrogen-bond acceptors (Lipinski definition) is 4. The second-order valence-corrected chi connectivity index (χ2v) is 8.79. The fourth-order valence-electron chi connectivity index (χ4n) is 4.46. The number of benzene rings is 3. The number of cyclic esters (lactones) is 1. The molecule has 2 aliphatic heterocycles. The topological polar surface area (TPSA) is 67.9 Å². The number of nitrogens with one attached hydrogen (secondary N) is 1. The van der Waals surface area contributed by atoms with Gasteiger partial charge in [-0.1, -0.05) is 36.4 Å². The summed E-state index contributed by atoms with van der Waals surface area (Å²) in [6, 6.07) is 17.9. The molecule has 190 valence electrons. The molecule has 0 spiro atoms. The second-order valence-electron chi connectivity index (χ2n) is 8.79. The molecular formula is C28H23F3N2O4. The van der Waals surface area contributed by atoms with Crippen LogP contribution < -0.4 is 10.1 Å². The molecule has 0 radical (unpaired) electrons. The van der Waals surface area contributed by atoms with Crippen molar-refractivity contribution in [3.63, 3.8) is 0 Å². The summed E-state index contributed by atoms with van der Waals surface area (Å²) in [6.07, 6.45) is -4.06. The predicted octanol–water partition coefficient (Wildman–Crippen LogP) is 6.37. The zero-order valence-electron chi connectivity index (χ0n) is 19.8. The molecular weight excluding hydrogens is 485 g/mol. The van der Waals surface area contributed by atoms with Gasteiger partial charge in [-0.15, -0.1) is 0 Å². The predicted molar refractivity (Wildman–Crippen MR) is 132 cm³/mol. The van der Waals surface area contributed by atoms with Crippen molar-refractivity contribution >= 4 is 29.3 Å². The molecule has 5 rings (SSSR count). The van der Waals surface area contributed by atoms with Crippen LogP contribution in [0.2, 0.25) is 0 Å². The number of fused-ring (bicyclic) bond motifs is 1. The molecule has 3 aromatic rings. The van der Waals surface area contributed by atoms with E-state index >= 15 is 0 Å². The van der Waals surface area contributed by atoms with Gasteiger partial charge in [-0.2, -0.15) is 13.2 Å². The first-order valence-electron chi connectivity index (χ1n) is 11.8. The van der Waals surface area contributed by atoms with Crippen molar-refractivity contribution in [2.24, 2.45) is 0 Å². The van der Waals surface area contributed by atoms with Crippen LogP contribution in [0.15, 0.2) is 66.7 Å². The molecule has 0 bridgehead atoms. The molecule has 2 amide bonds. The van der Waals surface area contributed by atoms with Crippen molar-refractivity contribution in [3.8, 4) is 11.5 Å². The molecule has 6 nitrogen and oxygen atoms in total. The van der Waals surface area contributed by atoms with Gasteiger partial charge < -0.3 is 19.7 Å². The molecule has 1 unspecified atom stereocenters. The Bertz CT molecular complexity index is 1380. The van der Waals surface area contributed by atoms with E-state index in [9.17, 15) is 22.8 Å². The van der Waals surface area contributed by atoms with Crippen molar-refractivity contribution in [2.45, 2.75) is 25.6 Å². The van der Waals surface area contributed by atoms with E-state index in [1.165, 1.54) is 17.0 Å². The number of nitrogens with zero attached hydrogens (tertiary/aromatic N) is 1. The Morgan fingerprint density at radius 2 is 1.78 bits per heavy atom. The van der Waals surface area contributed by atoms with E-state index in [4.69, 9.17) is 9.47 Å². The van der Waals surface area contributed by atoms with Crippen LogP contribution >= 0.6 is 0 Å². The third kappa shape index (κ3) is 5.16. The maximum atomic E-state index is 13.8. The minimum atomic E-state index is -4.60. The summed E-state index contributed by atoms with van der Waals surface area (Å²) in [5.74, 6) is 0.184. The standard InChI is InChI=1S/C28H23F3N2O4/c1-2-33-16-21(37-27(33)35)14-18-9-12-20(15-24(18)28(29,30)31)36-19-10-7-17(8-11-19)13-23-22-5-3-4-6-25(22)32-26(23)34/h3-13,15,21H,2,14,16H2,1H3,(H,32,34)/b23-13-. The quantitative estimate of drug-likeness (QED) is 0.393. The molecule has 1 fully saturated rings. The van der Waals surface area contributed by atoms with Crippen molar-refractivity contribution in [1.29, 1.82) is 0 Å². The second kappa shape index (κ2) is 9.65. The number of likely N-dealkylation sites (N-methyl/N-ethyl adjacent to an activating group) is 1. The Kier molecular flexibility index (Phi) is 6.37. The van der Waals surface area contributed by atoms with Gasteiger partial charge in [0.15, 0.2) is 0 Å². The van der Waals surface area contributed by atoms with Gasteiger partial charge in [0.1, 0.15) is 17.6 Å². The summed E-state index contributed by atoms with van der Waals surface area (Å²) in [5.41, 5.74) is 2.03. The van der Waals surface area contributed by atoms with Gasteiger partial charge in [0.25, 0.3) is 5.91 Å². The van der Waals surface area contributed by atoms with Gasteiger partial charge in [0, 0.05) is 29.8 Å². The summed E-state index contributed by atoms with van der Waals surface area (Å²) in [6.45, 7) is 2.47. The number of amides is 2. The summed E-state index contributed by atoms with van der Waals surface area (Å²) >= 11 is 0. The minimum Gasteiger partial charge on any atom is -0.457 e. The lowest BCUT2D eigenvalue weighted by Crippen LogP contribution is -2.25. The highest BCUT2D eigenvalue weighted by Gasteiger charge is 2.37. The molecule has 1 atom stereocenters. The number of ether oxygens (including phenoxy) is 2. The molecule has 9 heteroatoms. The van der Waals surface area contributed by atoms with Crippen LogP contribution in [0.4, 0.5) is 23.7 Å². The van der Waals surface area contributed by atoms with E-state index in [2.05, 4.69) is 5.32 Å². The van der Waals surface area contributed by atoms with Gasteiger partial charge in [0.2, 0.25) is 0 Å². The summed E-state index contributed by atoms with van der Waals surface area (Å²) in [4.78, 5) is 25.5. The number of hydrogen-bond donors (Lipinski definition) is 1. The first kappa shape index (κ1) is 24.4. The largest absolute Gasteiger partial charge is 0.457 e. The number of alkyl halides is 3. The Balaban J connectivity index is 1.33. The van der Waals surface area contributed by atoms with Crippen LogP contribution in [0.5, 0.6) is 11.5 Å². The SMILES string of the molecule is CCN1CC(Cc2ccc(Oc3ccc(/C=C4\C(=O)Nc5ccccc54)cc3)cc2C(F)(F)F)OC1=O. The van der Waals surface area contributed by atoms with Crippen LogP contribution in [0.1, 0.15) is 29.2 Å². The third-order valence-corrected chi connectivity index (χ3v) is 6.30. The van der Waals surface area contributed by atoms with Crippen molar-refractivity contribution < 1.29 is 32.2 Å². The molecule has 0 aromatic heterocycles. The number of carbonyl (C=O) groups excluding carboxylic acids is 2. The van der Waals surface area contributed by atoms with Crippen molar-refractivity contribution in [1.82, 2.24) is 4.90 Å². The average Bonchev–Trinajstić information content (AvgIpc) is 3.38. The maximum Gasteiger partial charge on any atom is 0.416 e. The monoisotopic (exact) mass is 508 g/mol. The highest BCUT2D eigenvalue weighted by Crippen LogP contribution is 2.37. The number of halogens is 3. The maximum absolute atomic E-state index is 13.8. The molecule has 2 aliphatic rings. The van der Waals surface area contributed by atoms with Crippen molar-refractivity contribution in [2.75, 3.05) is 18.4 Å². The van der Waals surface area contributed by atoms with Crippen LogP contribution in [0.3, 0.4) is 0 Å². The van der Waals surface area contributed by atoms with E-state index in [1.807, 2.05) is 24.3 Å². The summed E-state index contributed by atoms with van der Waals surface area (Å²) < 4.78 is 52.4. The summed E-state index contributed by atoms with van der Waals surface area (Å²) in [5, 5.41) is 2.81. The summed E-state index contributed by atoms with van der Waals surface area (Å²) in [7, 11) is 0. The molecule has 2 heterocycles. The van der Waals surface area contributed by atoms with E-state index in [1.54, 1.807) is 37.3 Å². The normalized spacial score (nSPS) is 18.1. The zero-order chi connectivity index (χ0) is 26.2. The lowest BCUT2D eigenvalue weighted by atomic mass is 10.0. The molecule has 0 saturated carbocycles. The highest BCUT2D eigenvalue weighted by atomic mass is 19.4. The Morgan fingerprint density at radius 3 is 2.49 bits per heavy atom. The van der Waals surface area contributed by atoms with Crippen LogP contribution in [0, 0.1) is 0 Å².